The van der Waals surface area contributed by atoms with Crippen LogP contribution in [0, 0.1) is 0 Å². The highest BCUT2D eigenvalue weighted by Gasteiger charge is 2.28. The molecule has 1 aromatic rings. The van der Waals surface area contributed by atoms with Crippen LogP contribution in [0.25, 0.3) is 6.08 Å². The van der Waals surface area contributed by atoms with Crippen molar-refractivity contribution in [1.29, 1.82) is 0 Å². The van der Waals surface area contributed by atoms with E-state index in [4.69, 9.17) is 0 Å². The SMILES string of the molecule is CC(=O)N1C=Cc2ccccc2C1CC(=O)NCC1CCCN1. The van der Waals surface area contributed by atoms with E-state index in [0.29, 0.717) is 12.6 Å². The molecular weight excluding hydrogens is 290 g/mol. The third kappa shape index (κ3) is 3.62. The molecule has 5 heteroatoms. The van der Waals surface area contributed by atoms with Crippen LogP contribution in [0.1, 0.15) is 43.4 Å². The predicted molar refractivity (Wildman–Crippen MR) is 89.4 cm³/mol. The predicted octanol–water partition coefficient (Wildman–Crippen LogP) is 1.82. The number of carbonyl (C=O) groups excluding carboxylic acids is 2. The second-order valence-corrected chi connectivity index (χ2v) is 6.19. The van der Waals surface area contributed by atoms with Crippen LogP contribution < -0.4 is 10.6 Å². The van der Waals surface area contributed by atoms with Crippen molar-refractivity contribution in [3.8, 4) is 0 Å². The van der Waals surface area contributed by atoms with Crippen molar-refractivity contribution in [2.45, 2.75) is 38.3 Å². The molecule has 3 rings (SSSR count). The Kier molecular flexibility index (Phi) is 4.76. The van der Waals surface area contributed by atoms with Gasteiger partial charge < -0.3 is 15.5 Å². The third-order valence-electron chi connectivity index (χ3n) is 4.56. The molecule has 0 aliphatic carbocycles. The first-order valence-corrected chi connectivity index (χ1v) is 8.21. The number of nitrogens with zero attached hydrogens (tertiary/aromatic N) is 1. The first-order chi connectivity index (χ1) is 11.1. The Morgan fingerprint density at radius 1 is 1.35 bits per heavy atom. The zero-order valence-electron chi connectivity index (χ0n) is 13.4. The fraction of sp³-hybridized carbons (Fsp3) is 0.444. The molecule has 23 heavy (non-hydrogen) atoms. The first kappa shape index (κ1) is 15.7. The topological polar surface area (TPSA) is 61.4 Å². The molecule has 2 aliphatic heterocycles. The third-order valence-corrected chi connectivity index (χ3v) is 4.56. The Morgan fingerprint density at radius 3 is 2.91 bits per heavy atom. The van der Waals surface area contributed by atoms with Gasteiger partial charge in [0.1, 0.15) is 0 Å². The summed E-state index contributed by atoms with van der Waals surface area (Å²) in [4.78, 5) is 25.9. The van der Waals surface area contributed by atoms with E-state index >= 15 is 0 Å². The fourth-order valence-electron chi connectivity index (χ4n) is 3.33. The second-order valence-electron chi connectivity index (χ2n) is 6.19. The molecule has 1 fully saturated rings. The number of nitrogens with one attached hydrogen (secondary N) is 2. The lowest BCUT2D eigenvalue weighted by Crippen LogP contribution is -2.39. The van der Waals surface area contributed by atoms with E-state index in [1.54, 1.807) is 11.1 Å². The van der Waals surface area contributed by atoms with Gasteiger partial charge in [0.05, 0.1) is 12.5 Å². The standard InChI is InChI=1S/C18H23N3O2/c1-13(22)21-10-8-14-5-2-3-7-16(14)17(21)11-18(23)20-12-15-6-4-9-19-15/h2-3,5,7-8,10,15,17,19H,4,6,9,11-12H2,1H3,(H,20,23). The molecule has 0 saturated carbocycles. The van der Waals surface area contributed by atoms with Crippen LogP contribution >= 0.6 is 0 Å². The van der Waals surface area contributed by atoms with Gasteiger partial charge in [-0.1, -0.05) is 24.3 Å². The van der Waals surface area contributed by atoms with Crippen LogP contribution in [0.3, 0.4) is 0 Å². The molecule has 2 N–H and O–H groups in total. The molecule has 5 nitrogen and oxygen atoms in total. The average Bonchev–Trinajstić information content (AvgIpc) is 3.06. The Balaban J connectivity index is 1.69. The van der Waals surface area contributed by atoms with Gasteiger partial charge in [-0.25, -0.2) is 0 Å². The smallest absolute Gasteiger partial charge is 0.223 e. The minimum atomic E-state index is -0.231. The average molecular weight is 313 g/mol. The van der Waals surface area contributed by atoms with E-state index in [9.17, 15) is 9.59 Å². The minimum Gasteiger partial charge on any atom is -0.354 e. The van der Waals surface area contributed by atoms with Crippen LogP contribution in [-0.2, 0) is 9.59 Å². The van der Waals surface area contributed by atoms with Crippen molar-refractivity contribution in [3.63, 3.8) is 0 Å². The quantitative estimate of drug-likeness (QED) is 0.891. The summed E-state index contributed by atoms with van der Waals surface area (Å²) in [7, 11) is 0. The number of hydrogen-bond acceptors (Lipinski definition) is 3. The van der Waals surface area contributed by atoms with Crippen LogP contribution in [0.5, 0.6) is 0 Å². The molecule has 122 valence electrons. The summed E-state index contributed by atoms with van der Waals surface area (Å²) in [5.41, 5.74) is 2.10. The van der Waals surface area contributed by atoms with Crippen LogP contribution in [0.4, 0.5) is 0 Å². The molecule has 2 unspecified atom stereocenters. The molecule has 0 aromatic heterocycles. The van der Waals surface area contributed by atoms with Crippen LogP contribution in [0.2, 0.25) is 0 Å². The highest BCUT2D eigenvalue weighted by atomic mass is 16.2. The first-order valence-electron chi connectivity index (χ1n) is 8.21. The number of hydrogen-bond donors (Lipinski definition) is 2. The zero-order chi connectivity index (χ0) is 16.2. The number of amides is 2. The maximum Gasteiger partial charge on any atom is 0.223 e. The highest BCUT2D eigenvalue weighted by molar-refractivity contribution is 5.81. The molecular formula is C18H23N3O2. The van der Waals surface area contributed by atoms with Crippen molar-refractivity contribution in [3.05, 3.63) is 41.6 Å². The van der Waals surface area contributed by atoms with Crippen molar-refractivity contribution in [1.82, 2.24) is 15.5 Å². The lowest BCUT2D eigenvalue weighted by Gasteiger charge is -2.32. The summed E-state index contributed by atoms with van der Waals surface area (Å²) < 4.78 is 0. The van der Waals surface area contributed by atoms with Crippen LogP contribution in [-0.4, -0.2) is 35.8 Å². The summed E-state index contributed by atoms with van der Waals surface area (Å²) >= 11 is 0. The molecule has 0 bridgehead atoms. The van der Waals surface area contributed by atoms with Gasteiger partial charge in [-0.3, -0.25) is 9.59 Å². The summed E-state index contributed by atoms with van der Waals surface area (Å²) in [6.45, 7) is 3.22. The molecule has 1 saturated heterocycles. The van der Waals surface area contributed by atoms with Crippen LogP contribution in [0.15, 0.2) is 30.5 Å². The molecule has 0 spiro atoms. The Labute approximate surface area is 136 Å². The monoisotopic (exact) mass is 313 g/mol. The van der Waals surface area contributed by atoms with Gasteiger partial charge in [-0.2, -0.15) is 0 Å². The van der Waals surface area contributed by atoms with Crippen molar-refractivity contribution < 1.29 is 9.59 Å². The highest BCUT2D eigenvalue weighted by Crippen LogP contribution is 2.32. The molecule has 2 aliphatic rings. The Hall–Kier alpha value is -2.14. The normalized spacial score (nSPS) is 22.7. The minimum absolute atomic E-state index is 0.0138. The summed E-state index contributed by atoms with van der Waals surface area (Å²) in [5.74, 6) is -0.0638. The molecule has 2 atom stereocenters. The summed E-state index contributed by atoms with van der Waals surface area (Å²) in [5, 5.41) is 6.37. The number of carbonyl (C=O) groups is 2. The molecule has 2 amide bonds. The van der Waals surface area contributed by atoms with E-state index in [2.05, 4.69) is 10.6 Å². The lowest BCUT2D eigenvalue weighted by atomic mass is 9.93. The number of fused-ring (bicyclic) bond motifs is 1. The van der Waals surface area contributed by atoms with Gasteiger partial charge in [0.25, 0.3) is 0 Å². The summed E-state index contributed by atoms with van der Waals surface area (Å²) in [6.07, 6.45) is 6.26. The van der Waals surface area contributed by atoms with Gasteiger partial charge >= 0.3 is 0 Å². The van der Waals surface area contributed by atoms with Crippen molar-refractivity contribution >= 4 is 17.9 Å². The van der Waals surface area contributed by atoms with Crippen molar-refractivity contribution in [2.75, 3.05) is 13.1 Å². The van der Waals surface area contributed by atoms with Crippen molar-refractivity contribution in [2.24, 2.45) is 0 Å². The number of rotatable bonds is 4. The summed E-state index contributed by atoms with van der Waals surface area (Å²) in [6, 6.07) is 8.06. The maximum absolute atomic E-state index is 12.3. The largest absolute Gasteiger partial charge is 0.354 e. The fourth-order valence-corrected chi connectivity index (χ4v) is 3.33. The zero-order valence-corrected chi connectivity index (χ0v) is 13.4. The lowest BCUT2D eigenvalue weighted by molar-refractivity contribution is -0.129. The van der Waals surface area contributed by atoms with Gasteiger partial charge in [0.2, 0.25) is 11.8 Å². The van der Waals surface area contributed by atoms with Gasteiger partial charge in [-0.15, -0.1) is 0 Å². The van der Waals surface area contributed by atoms with Gasteiger partial charge in [-0.05, 0) is 36.6 Å². The molecule has 2 heterocycles. The molecule has 0 radical (unpaired) electrons. The van der Waals surface area contributed by atoms with E-state index in [1.165, 1.54) is 13.3 Å². The van der Waals surface area contributed by atoms with E-state index in [1.807, 2.05) is 30.3 Å². The number of benzene rings is 1. The second kappa shape index (κ2) is 6.96. The van der Waals surface area contributed by atoms with Gasteiger partial charge in [0, 0.05) is 25.7 Å². The maximum atomic E-state index is 12.3. The Morgan fingerprint density at radius 2 is 2.17 bits per heavy atom. The van der Waals surface area contributed by atoms with E-state index in [-0.39, 0.29) is 24.3 Å². The Bertz CT molecular complexity index is 620. The van der Waals surface area contributed by atoms with Gasteiger partial charge in [0.15, 0.2) is 0 Å². The molecule has 1 aromatic carbocycles. The van der Waals surface area contributed by atoms with E-state index < -0.39 is 0 Å². The van der Waals surface area contributed by atoms with E-state index in [0.717, 1.165) is 24.1 Å².